The molecule has 2 aromatic rings. The van der Waals surface area contributed by atoms with Gasteiger partial charge in [-0.2, -0.15) is 0 Å². The molecule has 1 aliphatic heterocycles. The number of likely N-dealkylation sites (tertiary alicyclic amines) is 1. The fourth-order valence-electron chi connectivity index (χ4n) is 4.03. The zero-order chi connectivity index (χ0) is 23.8. The Morgan fingerprint density at radius 1 is 1.00 bits per heavy atom. The summed E-state index contributed by atoms with van der Waals surface area (Å²) in [5.41, 5.74) is 1.26. The maximum atomic E-state index is 12.6. The van der Waals surface area contributed by atoms with E-state index in [1.807, 2.05) is 35.2 Å². The number of carbonyl (C=O) groups excluding carboxylic acids is 3. The number of esters is 1. The Balaban J connectivity index is 1.46. The van der Waals surface area contributed by atoms with Gasteiger partial charge < -0.3 is 19.7 Å². The molecule has 1 aliphatic rings. The Morgan fingerprint density at radius 2 is 1.64 bits per heavy atom. The van der Waals surface area contributed by atoms with Gasteiger partial charge in [-0.1, -0.05) is 30.3 Å². The molecule has 33 heavy (non-hydrogen) atoms. The van der Waals surface area contributed by atoms with Crippen molar-refractivity contribution in [3.63, 3.8) is 0 Å². The highest BCUT2D eigenvalue weighted by atomic mass is 16.5. The monoisotopic (exact) mass is 452 g/mol. The summed E-state index contributed by atoms with van der Waals surface area (Å²) < 4.78 is 10.9. The molecular weight excluding hydrogens is 420 g/mol. The van der Waals surface area contributed by atoms with Gasteiger partial charge in [-0.05, 0) is 69.9 Å². The molecule has 1 saturated heterocycles. The van der Waals surface area contributed by atoms with E-state index in [0.717, 1.165) is 24.8 Å². The van der Waals surface area contributed by atoms with Gasteiger partial charge in [0.1, 0.15) is 5.75 Å². The smallest absolute Gasteiger partial charge is 0.338 e. The third-order valence-corrected chi connectivity index (χ3v) is 5.90. The normalized spacial score (nSPS) is 18.8. The second-order valence-corrected chi connectivity index (χ2v) is 8.49. The van der Waals surface area contributed by atoms with E-state index >= 15 is 0 Å². The number of rotatable bonds is 8. The van der Waals surface area contributed by atoms with E-state index in [4.69, 9.17) is 9.47 Å². The number of hydrogen-bond donors (Lipinski definition) is 1. The first-order valence-electron chi connectivity index (χ1n) is 11.4. The Labute approximate surface area is 195 Å². The summed E-state index contributed by atoms with van der Waals surface area (Å²) in [5.74, 6) is -0.512. The third-order valence-electron chi connectivity index (χ3n) is 5.90. The van der Waals surface area contributed by atoms with Gasteiger partial charge in [-0.25, -0.2) is 4.79 Å². The van der Waals surface area contributed by atoms with Crippen LogP contribution in [0.1, 0.15) is 56.0 Å². The second kappa shape index (κ2) is 11.5. The van der Waals surface area contributed by atoms with E-state index in [1.54, 1.807) is 24.3 Å². The van der Waals surface area contributed by atoms with Crippen molar-refractivity contribution in [2.45, 2.75) is 64.8 Å². The molecule has 1 fully saturated rings. The first-order chi connectivity index (χ1) is 15.8. The first kappa shape index (κ1) is 24.3. The fourth-order valence-corrected chi connectivity index (χ4v) is 4.03. The molecule has 0 saturated carbocycles. The molecule has 176 valence electrons. The summed E-state index contributed by atoms with van der Waals surface area (Å²) in [4.78, 5) is 39.1. The molecule has 2 amide bonds. The number of nitrogens with zero attached hydrogens (tertiary/aromatic N) is 1. The highest BCUT2D eigenvalue weighted by Gasteiger charge is 2.29. The van der Waals surface area contributed by atoms with Gasteiger partial charge >= 0.3 is 5.97 Å². The van der Waals surface area contributed by atoms with Gasteiger partial charge in [-0.15, -0.1) is 0 Å². The van der Waals surface area contributed by atoms with Crippen LogP contribution in [0.25, 0.3) is 0 Å². The topological polar surface area (TPSA) is 84.9 Å². The van der Waals surface area contributed by atoms with Crippen molar-refractivity contribution < 1.29 is 23.9 Å². The largest absolute Gasteiger partial charge is 0.484 e. The number of amides is 2. The van der Waals surface area contributed by atoms with Crippen molar-refractivity contribution >= 4 is 17.8 Å². The standard InChI is InChI=1S/C26H32N2O5/c1-18-8-7-9-19(2)28(18)24(29)17-32-23-14-12-22(13-15-23)26(31)33-20(3)25(30)27-16-21-10-5-4-6-11-21/h4-6,10-15,18-20H,7-9,16-17H2,1-3H3,(H,27,30). The Bertz CT molecular complexity index is 935. The lowest BCUT2D eigenvalue weighted by atomic mass is 9.97. The highest BCUT2D eigenvalue weighted by molar-refractivity contribution is 5.92. The van der Waals surface area contributed by atoms with Crippen LogP contribution in [0.5, 0.6) is 5.75 Å². The molecule has 7 heteroatoms. The molecule has 0 aromatic heterocycles. The molecule has 2 aromatic carbocycles. The third kappa shape index (κ3) is 6.81. The van der Waals surface area contributed by atoms with E-state index in [2.05, 4.69) is 19.2 Å². The zero-order valence-electron chi connectivity index (χ0n) is 19.5. The zero-order valence-corrected chi connectivity index (χ0v) is 19.5. The molecule has 3 unspecified atom stereocenters. The summed E-state index contributed by atoms with van der Waals surface area (Å²) in [6, 6.07) is 16.3. The van der Waals surface area contributed by atoms with Crippen LogP contribution in [0.3, 0.4) is 0 Å². The first-order valence-corrected chi connectivity index (χ1v) is 11.4. The van der Waals surface area contributed by atoms with Crippen molar-refractivity contribution in [3.05, 3.63) is 65.7 Å². The van der Waals surface area contributed by atoms with Gasteiger partial charge in [0.05, 0.1) is 5.56 Å². The van der Waals surface area contributed by atoms with Crippen LogP contribution < -0.4 is 10.1 Å². The van der Waals surface area contributed by atoms with Gasteiger partial charge in [0, 0.05) is 18.6 Å². The molecule has 3 atom stereocenters. The second-order valence-electron chi connectivity index (χ2n) is 8.49. The minimum absolute atomic E-state index is 0.0338. The lowest BCUT2D eigenvalue weighted by Gasteiger charge is -2.38. The number of carbonyl (C=O) groups is 3. The van der Waals surface area contributed by atoms with Crippen LogP contribution in [0.4, 0.5) is 0 Å². The maximum absolute atomic E-state index is 12.6. The Morgan fingerprint density at radius 3 is 2.27 bits per heavy atom. The minimum Gasteiger partial charge on any atom is -0.484 e. The Kier molecular flexibility index (Phi) is 8.46. The number of piperidine rings is 1. The van der Waals surface area contributed by atoms with Gasteiger partial charge in [0.2, 0.25) is 0 Å². The van der Waals surface area contributed by atoms with E-state index in [1.165, 1.54) is 6.92 Å². The quantitative estimate of drug-likeness (QED) is 0.617. The van der Waals surface area contributed by atoms with Crippen molar-refractivity contribution in [3.8, 4) is 5.75 Å². The summed E-state index contributed by atoms with van der Waals surface area (Å²) >= 11 is 0. The SMILES string of the molecule is CC(OC(=O)c1ccc(OCC(=O)N2C(C)CCCC2C)cc1)C(=O)NCc1ccccc1. The summed E-state index contributed by atoms with van der Waals surface area (Å²) in [6.07, 6.45) is 2.23. The number of nitrogens with one attached hydrogen (secondary N) is 1. The van der Waals surface area contributed by atoms with Crippen molar-refractivity contribution in [1.82, 2.24) is 10.2 Å². The van der Waals surface area contributed by atoms with Crippen LogP contribution in [0.15, 0.2) is 54.6 Å². The van der Waals surface area contributed by atoms with Crippen LogP contribution in [0.2, 0.25) is 0 Å². The molecule has 0 bridgehead atoms. The lowest BCUT2D eigenvalue weighted by molar-refractivity contribution is -0.139. The highest BCUT2D eigenvalue weighted by Crippen LogP contribution is 2.23. The van der Waals surface area contributed by atoms with E-state index in [9.17, 15) is 14.4 Å². The van der Waals surface area contributed by atoms with Gasteiger partial charge in [-0.3, -0.25) is 9.59 Å². The molecule has 7 nitrogen and oxygen atoms in total. The maximum Gasteiger partial charge on any atom is 0.338 e. The van der Waals surface area contributed by atoms with Gasteiger partial charge in [0.25, 0.3) is 11.8 Å². The molecule has 0 spiro atoms. The van der Waals surface area contributed by atoms with Crippen LogP contribution in [-0.4, -0.2) is 47.5 Å². The average molecular weight is 453 g/mol. The van der Waals surface area contributed by atoms with Crippen molar-refractivity contribution in [1.29, 1.82) is 0 Å². The number of ether oxygens (including phenoxy) is 2. The van der Waals surface area contributed by atoms with Gasteiger partial charge in [0.15, 0.2) is 12.7 Å². The number of hydrogen-bond acceptors (Lipinski definition) is 5. The molecule has 3 rings (SSSR count). The summed E-state index contributed by atoms with van der Waals surface area (Å²) in [7, 11) is 0. The summed E-state index contributed by atoms with van der Waals surface area (Å²) in [6.45, 7) is 5.98. The predicted octanol–water partition coefficient (Wildman–Crippen LogP) is 3.72. The minimum atomic E-state index is -0.928. The molecule has 1 heterocycles. The molecule has 0 aliphatic carbocycles. The average Bonchev–Trinajstić information content (AvgIpc) is 2.82. The fraction of sp³-hybridized carbons (Fsp3) is 0.423. The van der Waals surface area contributed by atoms with E-state index < -0.39 is 12.1 Å². The van der Waals surface area contributed by atoms with E-state index in [-0.39, 0.29) is 30.5 Å². The number of benzene rings is 2. The van der Waals surface area contributed by atoms with Crippen LogP contribution in [0, 0.1) is 0 Å². The van der Waals surface area contributed by atoms with E-state index in [0.29, 0.717) is 17.9 Å². The molecule has 0 radical (unpaired) electrons. The Hall–Kier alpha value is -3.35. The predicted molar refractivity (Wildman–Crippen MR) is 125 cm³/mol. The lowest BCUT2D eigenvalue weighted by Crippen LogP contribution is -2.49. The van der Waals surface area contributed by atoms with Crippen molar-refractivity contribution in [2.24, 2.45) is 0 Å². The van der Waals surface area contributed by atoms with Crippen LogP contribution in [-0.2, 0) is 20.9 Å². The van der Waals surface area contributed by atoms with Crippen molar-refractivity contribution in [2.75, 3.05) is 6.61 Å². The summed E-state index contributed by atoms with van der Waals surface area (Å²) in [5, 5.41) is 2.75. The molecule has 1 N–H and O–H groups in total. The van der Waals surface area contributed by atoms with Crippen LogP contribution >= 0.6 is 0 Å². The molecular formula is C26H32N2O5.